The van der Waals surface area contributed by atoms with Gasteiger partial charge in [0.15, 0.2) is 11.2 Å². The van der Waals surface area contributed by atoms with Crippen LogP contribution in [0.2, 0.25) is 0 Å². The van der Waals surface area contributed by atoms with Crippen LogP contribution in [0.3, 0.4) is 0 Å². The highest BCUT2D eigenvalue weighted by Gasteiger charge is 2.41. The minimum absolute atomic E-state index is 0.293. The molecule has 1 aliphatic heterocycles. The molecule has 5 nitrogen and oxygen atoms in total. The second kappa shape index (κ2) is 4.90. The summed E-state index contributed by atoms with van der Waals surface area (Å²) in [6.07, 6.45) is -4.42. The van der Waals surface area contributed by atoms with E-state index in [1.165, 1.54) is 7.05 Å². The first kappa shape index (κ1) is 15.1. The monoisotopic (exact) mass is 312 g/mol. The van der Waals surface area contributed by atoms with Crippen molar-refractivity contribution in [2.45, 2.75) is 37.5 Å². The summed E-state index contributed by atoms with van der Waals surface area (Å²) in [6, 6.07) is 0. The van der Waals surface area contributed by atoms with Gasteiger partial charge < -0.3 is 4.84 Å². The first-order chi connectivity index (χ1) is 9.08. The van der Waals surface area contributed by atoms with E-state index in [2.05, 4.69) is 15.4 Å². The number of hydrogen-bond acceptors (Lipinski definition) is 5. The number of thioether (sulfide) groups is 1. The number of alkyl halides is 4. The molecule has 1 atom stereocenters. The first-order valence-corrected chi connectivity index (χ1v) is 6.51. The Bertz CT molecular complexity index is 540. The van der Waals surface area contributed by atoms with Gasteiger partial charge in [0.1, 0.15) is 16.3 Å². The van der Waals surface area contributed by atoms with E-state index in [4.69, 9.17) is 4.84 Å². The number of rotatable bonds is 2. The fourth-order valence-electron chi connectivity index (χ4n) is 1.62. The zero-order valence-electron chi connectivity index (χ0n) is 10.9. The molecule has 0 saturated carbocycles. The molecule has 10 heteroatoms. The Hall–Kier alpha value is -1.32. The van der Waals surface area contributed by atoms with Gasteiger partial charge in [-0.25, -0.2) is 4.39 Å². The second-order valence-electron chi connectivity index (χ2n) is 4.87. The zero-order valence-corrected chi connectivity index (χ0v) is 11.7. The highest BCUT2D eigenvalue weighted by Crippen LogP contribution is 2.40. The number of aromatic nitrogens is 3. The lowest BCUT2D eigenvalue weighted by molar-refractivity contribution is -0.142. The molecule has 0 aliphatic carbocycles. The largest absolute Gasteiger partial charge is 0.437 e. The smallest absolute Gasteiger partial charge is 0.389 e. The van der Waals surface area contributed by atoms with E-state index in [1.54, 1.807) is 13.8 Å². The number of halogens is 4. The van der Waals surface area contributed by atoms with Gasteiger partial charge in [0, 0.05) is 13.5 Å². The molecule has 0 bridgehead atoms. The van der Waals surface area contributed by atoms with Gasteiger partial charge in [0.2, 0.25) is 0 Å². The molecule has 112 valence electrons. The molecule has 1 aromatic heterocycles. The Morgan fingerprint density at radius 2 is 2.00 bits per heavy atom. The van der Waals surface area contributed by atoms with Crippen LogP contribution in [-0.4, -0.2) is 25.6 Å². The predicted octanol–water partition coefficient (Wildman–Crippen LogP) is 3.05. The van der Waals surface area contributed by atoms with Crippen molar-refractivity contribution in [3.63, 3.8) is 0 Å². The van der Waals surface area contributed by atoms with Crippen molar-refractivity contribution < 1.29 is 22.4 Å². The number of hydrogen-bond donors (Lipinski definition) is 0. The molecule has 2 rings (SSSR count). The topological polar surface area (TPSA) is 52.3 Å². The maximum absolute atomic E-state index is 14.1. The lowest BCUT2D eigenvalue weighted by Gasteiger charge is -2.13. The molecule has 0 spiro atoms. The van der Waals surface area contributed by atoms with Gasteiger partial charge in [0.25, 0.3) is 0 Å². The maximum Gasteiger partial charge on any atom is 0.437 e. The van der Waals surface area contributed by atoms with Gasteiger partial charge in [-0.3, -0.25) is 0 Å². The summed E-state index contributed by atoms with van der Waals surface area (Å²) in [5, 5.41) is 10.6. The van der Waals surface area contributed by atoms with Crippen molar-refractivity contribution in [1.29, 1.82) is 0 Å². The lowest BCUT2D eigenvalue weighted by Crippen LogP contribution is -2.18. The molecule has 1 aromatic rings. The van der Waals surface area contributed by atoms with Gasteiger partial charge >= 0.3 is 6.18 Å². The number of nitrogens with zero attached hydrogens (tertiary/aromatic N) is 4. The van der Waals surface area contributed by atoms with Crippen molar-refractivity contribution in [3.8, 4) is 0 Å². The van der Waals surface area contributed by atoms with Crippen LogP contribution < -0.4 is 0 Å². The highest BCUT2D eigenvalue weighted by molar-refractivity contribution is 8.14. The van der Waals surface area contributed by atoms with Gasteiger partial charge in [-0.2, -0.15) is 23.1 Å². The van der Waals surface area contributed by atoms with Crippen LogP contribution >= 0.6 is 11.8 Å². The van der Waals surface area contributed by atoms with Crippen molar-refractivity contribution in [2.75, 3.05) is 0 Å². The van der Waals surface area contributed by atoms with Crippen LogP contribution in [0.25, 0.3) is 0 Å². The summed E-state index contributed by atoms with van der Waals surface area (Å²) in [5.74, 6) is 0. The number of oxime groups is 1. The molecule has 0 N–H and O–H groups in total. The fourth-order valence-corrected chi connectivity index (χ4v) is 2.64. The highest BCUT2D eigenvalue weighted by atomic mass is 32.2. The third-order valence-corrected chi connectivity index (χ3v) is 3.36. The minimum atomic E-state index is -4.75. The molecule has 0 fully saturated rings. The van der Waals surface area contributed by atoms with Crippen molar-refractivity contribution in [3.05, 3.63) is 11.4 Å². The Labute approximate surface area is 116 Å². The zero-order chi connectivity index (χ0) is 15.1. The van der Waals surface area contributed by atoms with Gasteiger partial charge in [-0.1, -0.05) is 16.9 Å². The summed E-state index contributed by atoms with van der Waals surface area (Å²) in [7, 11) is 1.20. The van der Waals surface area contributed by atoms with Crippen LogP contribution in [0.15, 0.2) is 5.16 Å². The molecule has 20 heavy (non-hydrogen) atoms. The standard InChI is InChI=1S/C10H12F4N4OS/c1-9(2)4-5(17-19-9)20-8(11)6-7(10(12,13)14)16-18(3)15-6/h8H,4H2,1-3H3. The lowest BCUT2D eigenvalue weighted by atomic mass is 10.1. The summed E-state index contributed by atoms with van der Waals surface area (Å²) in [5.41, 5.74) is -4.65. The van der Waals surface area contributed by atoms with E-state index in [0.717, 1.165) is 0 Å². The van der Waals surface area contributed by atoms with Crippen LogP contribution in [0.1, 0.15) is 37.2 Å². The van der Waals surface area contributed by atoms with E-state index in [1.807, 2.05) is 0 Å². The molecule has 0 radical (unpaired) electrons. The van der Waals surface area contributed by atoms with Gasteiger partial charge in [-0.05, 0) is 13.8 Å². The average molecular weight is 312 g/mol. The summed E-state index contributed by atoms with van der Waals surface area (Å²) in [4.78, 5) is 5.73. The van der Waals surface area contributed by atoms with Crippen LogP contribution in [0.4, 0.5) is 17.6 Å². The normalized spacial score (nSPS) is 19.6. The molecule has 0 aromatic carbocycles. The molecule has 2 heterocycles. The Balaban J connectivity index is 2.16. The minimum Gasteiger partial charge on any atom is -0.389 e. The Kier molecular flexibility index (Phi) is 3.69. The van der Waals surface area contributed by atoms with E-state index in [-0.39, 0.29) is 0 Å². The molecule has 0 saturated heterocycles. The van der Waals surface area contributed by atoms with Gasteiger partial charge in [-0.15, -0.1) is 5.10 Å². The second-order valence-corrected chi connectivity index (χ2v) is 5.99. The number of aryl methyl sites for hydroxylation is 1. The van der Waals surface area contributed by atoms with Crippen LogP contribution in [0, 0.1) is 0 Å². The third kappa shape index (κ3) is 3.22. The molecule has 0 amide bonds. The summed E-state index contributed by atoms with van der Waals surface area (Å²) in [6.45, 7) is 3.50. The molecule has 1 unspecified atom stereocenters. The predicted molar refractivity (Wildman–Crippen MR) is 64.7 cm³/mol. The molecule has 1 aliphatic rings. The van der Waals surface area contributed by atoms with Crippen molar-refractivity contribution in [2.24, 2.45) is 12.2 Å². The third-order valence-electron chi connectivity index (χ3n) is 2.43. The summed E-state index contributed by atoms with van der Waals surface area (Å²) >= 11 is 0.549. The van der Waals surface area contributed by atoms with E-state index >= 15 is 0 Å². The quantitative estimate of drug-likeness (QED) is 0.788. The van der Waals surface area contributed by atoms with E-state index in [9.17, 15) is 17.6 Å². The van der Waals surface area contributed by atoms with Crippen molar-refractivity contribution >= 4 is 16.8 Å². The van der Waals surface area contributed by atoms with E-state index < -0.39 is 28.7 Å². The summed E-state index contributed by atoms with van der Waals surface area (Å²) < 4.78 is 52.2. The SMILES string of the molecule is Cn1nc(C(F)SC2=NOC(C)(C)C2)c(C(F)(F)F)n1. The molecular weight excluding hydrogens is 300 g/mol. The Morgan fingerprint density at radius 3 is 2.50 bits per heavy atom. The average Bonchev–Trinajstić information content (AvgIpc) is 2.81. The van der Waals surface area contributed by atoms with Crippen LogP contribution in [-0.2, 0) is 18.1 Å². The Morgan fingerprint density at radius 1 is 1.35 bits per heavy atom. The first-order valence-electron chi connectivity index (χ1n) is 5.63. The molecular formula is C10H12F4N4OS. The van der Waals surface area contributed by atoms with Gasteiger partial charge in [0.05, 0.1) is 0 Å². The maximum atomic E-state index is 14.1. The van der Waals surface area contributed by atoms with E-state index in [0.29, 0.717) is 28.0 Å². The van der Waals surface area contributed by atoms with Crippen molar-refractivity contribution in [1.82, 2.24) is 15.0 Å². The fraction of sp³-hybridized carbons (Fsp3) is 0.700. The van der Waals surface area contributed by atoms with Crippen LogP contribution in [0.5, 0.6) is 0 Å².